The topological polar surface area (TPSA) is 189 Å². The molecule has 0 aromatic heterocycles. The van der Waals surface area contributed by atoms with Crippen molar-refractivity contribution in [1.82, 2.24) is 0 Å². The Morgan fingerprint density at radius 1 is 0.286 bits per heavy atom. The van der Waals surface area contributed by atoms with Crippen LogP contribution in [0.25, 0.3) is 0 Å². The molecule has 48 valence electrons. The van der Waals surface area contributed by atoms with Crippen molar-refractivity contribution in [3.63, 3.8) is 0 Å². The average molecular weight is 147 g/mol. The molecule has 0 atom stereocenters. The van der Waals surface area contributed by atoms with E-state index in [1.165, 1.54) is 0 Å². The van der Waals surface area contributed by atoms with Gasteiger partial charge in [-0.25, -0.2) is 0 Å². The van der Waals surface area contributed by atoms with Gasteiger partial charge in [0.25, 0.3) is 0 Å². The van der Waals surface area contributed by atoms with Crippen molar-refractivity contribution in [2.24, 2.45) is 0 Å². The van der Waals surface area contributed by atoms with Crippen LogP contribution in [0.3, 0.4) is 0 Å². The second kappa shape index (κ2) is 155. The Labute approximate surface area is 83.2 Å². The smallest absolute Gasteiger partial charge is 0.412 e. The van der Waals surface area contributed by atoms with Gasteiger partial charge in [-0.2, -0.15) is 0 Å². The molecule has 12 N–H and O–H groups in total. The molecule has 0 aromatic rings. The second-order valence-corrected chi connectivity index (χ2v) is 0. The molecule has 0 saturated heterocycles. The summed E-state index contributed by atoms with van der Waals surface area (Å²) < 4.78 is 0. The van der Waals surface area contributed by atoms with Crippen molar-refractivity contribution in [3.8, 4) is 0 Å². The summed E-state index contributed by atoms with van der Waals surface area (Å²) in [5, 5.41) is 0. The van der Waals surface area contributed by atoms with E-state index in [1.54, 1.807) is 0 Å². The third kappa shape index (κ3) is 110. The van der Waals surface area contributed by atoms with E-state index in [0.717, 1.165) is 0 Å². The Bertz CT molecular complexity index is 4.14. The molecule has 0 amide bonds. The normalized spacial score (nSPS) is 0. The summed E-state index contributed by atoms with van der Waals surface area (Å²) in [5.41, 5.74) is 0. The minimum atomic E-state index is 0. The molecule has 0 fully saturated rings. The van der Waals surface area contributed by atoms with E-state index in [1.807, 2.05) is 0 Å². The van der Waals surface area contributed by atoms with Crippen molar-refractivity contribution in [1.29, 1.82) is 0 Å². The molecular formula is H12KO6+. The van der Waals surface area contributed by atoms with Gasteiger partial charge in [-0.3, -0.25) is 0 Å². The monoisotopic (exact) mass is 147 g/mol. The maximum atomic E-state index is 0. The van der Waals surface area contributed by atoms with Crippen molar-refractivity contribution < 1.29 is 84.2 Å². The summed E-state index contributed by atoms with van der Waals surface area (Å²) in [6.07, 6.45) is 0. The van der Waals surface area contributed by atoms with Crippen LogP contribution < -0.4 is 51.4 Å². The van der Waals surface area contributed by atoms with E-state index >= 15 is 0 Å². The van der Waals surface area contributed by atoms with Crippen LogP contribution in [0.1, 0.15) is 0 Å². The molecule has 0 aliphatic heterocycles. The van der Waals surface area contributed by atoms with Gasteiger partial charge >= 0.3 is 51.4 Å². The molecule has 0 radical (unpaired) electrons. The first-order valence-corrected chi connectivity index (χ1v) is 0. The zero-order valence-electron chi connectivity index (χ0n) is 4.00. The first kappa shape index (κ1) is 236. The quantitative estimate of drug-likeness (QED) is 0.294. The summed E-state index contributed by atoms with van der Waals surface area (Å²) in [4.78, 5) is 0. The maximum Gasteiger partial charge on any atom is 1.00 e. The zero-order chi connectivity index (χ0) is 0. The van der Waals surface area contributed by atoms with Gasteiger partial charge in [-0.1, -0.05) is 0 Å². The Morgan fingerprint density at radius 3 is 0.286 bits per heavy atom. The van der Waals surface area contributed by atoms with Gasteiger partial charge in [0.05, 0.1) is 0 Å². The summed E-state index contributed by atoms with van der Waals surface area (Å²) in [6.45, 7) is 0. The molecule has 0 aromatic carbocycles. The molecule has 0 saturated carbocycles. The van der Waals surface area contributed by atoms with E-state index in [0.29, 0.717) is 0 Å². The summed E-state index contributed by atoms with van der Waals surface area (Å²) in [7, 11) is 0. The van der Waals surface area contributed by atoms with E-state index in [4.69, 9.17) is 0 Å². The van der Waals surface area contributed by atoms with E-state index in [-0.39, 0.29) is 84.2 Å². The second-order valence-electron chi connectivity index (χ2n) is 0. The molecule has 0 aliphatic carbocycles. The van der Waals surface area contributed by atoms with Crippen LogP contribution in [-0.2, 0) is 0 Å². The number of hydrogen-bond donors (Lipinski definition) is 0. The number of hydrogen-bond acceptors (Lipinski definition) is 0. The van der Waals surface area contributed by atoms with Crippen LogP contribution in [0, 0.1) is 0 Å². The minimum Gasteiger partial charge on any atom is -0.412 e. The van der Waals surface area contributed by atoms with Gasteiger partial charge in [-0.15, -0.1) is 0 Å². The largest absolute Gasteiger partial charge is 1.00 e. The molecule has 0 heterocycles. The van der Waals surface area contributed by atoms with E-state index in [2.05, 4.69) is 0 Å². The van der Waals surface area contributed by atoms with Gasteiger partial charge in [-0.05, 0) is 0 Å². The third-order valence-electron chi connectivity index (χ3n) is 0. The van der Waals surface area contributed by atoms with Gasteiger partial charge in [0, 0.05) is 0 Å². The minimum absolute atomic E-state index is 0. The summed E-state index contributed by atoms with van der Waals surface area (Å²) >= 11 is 0. The van der Waals surface area contributed by atoms with Gasteiger partial charge in [0.1, 0.15) is 0 Å². The van der Waals surface area contributed by atoms with Crippen molar-refractivity contribution >= 4 is 0 Å². The first-order chi connectivity index (χ1) is 0. The van der Waals surface area contributed by atoms with E-state index < -0.39 is 0 Å². The molecule has 7 heteroatoms. The fraction of sp³-hybridized carbons (Fsp3) is 0. The molecule has 7 heavy (non-hydrogen) atoms. The third-order valence-corrected chi connectivity index (χ3v) is 0. The van der Waals surface area contributed by atoms with Gasteiger partial charge in [0.15, 0.2) is 0 Å². The van der Waals surface area contributed by atoms with Gasteiger partial charge in [0.2, 0.25) is 0 Å². The molecule has 0 unspecified atom stereocenters. The van der Waals surface area contributed by atoms with Crippen LogP contribution in [-0.4, -0.2) is 32.9 Å². The maximum absolute atomic E-state index is 0. The van der Waals surface area contributed by atoms with Crippen LogP contribution in [0.5, 0.6) is 0 Å². The fourth-order valence-electron chi connectivity index (χ4n) is 0. The van der Waals surface area contributed by atoms with E-state index in [9.17, 15) is 0 Å². The van der Waals surface area contributed by atoms with Crippen LogP contribution in [0.4, 0.5) is 0 Å². The van der Waals surface area contributed by atoms with Crippen LogP contribution in [0.2, 0.25) is 0 Å². The molecule has 0 rings (SSSR count). The predicted molar refractivity (Wildman–Crippen MR) is 21.7 cm³/mol. The Morgan fingerprint density at radius 2 is 0.286 bits per heavy atom. The molecule has 0 bridgehead atoms. The first-order valence-electron chi connectivity index (χ1n) is 0. The summed E-state index contributed by atoms with van der Waals surface area (Å²) in [5.74, 6) is 0. The number of rotatable bonds is 0. The standard InChI is InChI=1S/K.6H2O/h;6*1H2/q+1;;;;;;. The Kier molecular flexibility index (Phi) is 5220. The molecule has 6 nitrogen and oxygen atoms in total. The average Bonchev–Trinajstić information content (AvgIpc) is 0. The molecular weight excluding hydrogens is 135 g/mol. The Balaban J connectivity index is 0. The summed E-state index contributed by atoms with van der Waals surface area (Å²) in [6, 6.07) is 0. The fourth-order valence-corrected chi connectivity index (χ4v) is 0. The van der Waals surface area contributed by atoms with Crippen LogP contribution >= 0.6 is 0 Å². The SMILES string of the molecule is O.O.O.O.O.O.[K+]. The van der Waals surface area contributed by atoms with Crippen molar-refractivity contribution in [3.05, 3.63) is 0 Å². The van der Waals surface area contributed by atoms with Crippen molar-refractivity contribution in [2.45, 2.75) is 0 Å². The van der Waals surface area contributed by atoms with Crippen LogP contribution in [0.15, 0.2) is 0 Å². The molecule has 0 aliphatic rings. The Hall–Kier alpha value is 1.40. The van der Waals surface area contributed by atoms with Crippen molar-refractivity contribution in [2.75, 3.05) is 0 Å². The molecule has 0 spiro atoms. The van der Waals surface area contributed by atoms with Gasteiger partial charge < -0.3 is 32.9 Å². The predicted octanol–water partition coefficient (Wildman–Crippen LogP) is -7.94. The zero-order valence-corrected chi connectivity index (χ0v) is 7.12.